The van der Waals surface area contributed by atoms with Crippen molar-refractivity contribution in [2.24, 2.45) is 0 Å². The molecule has 1 aromatic heterocycles. The Morgan fingerprint density at radius 1 is 1.18 bits per heavy atom. The molecule has 0 spiro atoms. The fraction of sp³-hybridized carbons (Fsp3) is 0.500. The number of methoxy groups -OCH3 is 1. The molecule has 0 saturated carbocycles. The summed E-state index contributed by atoms with van der Waals surface area (Å²) in [5.41, 5.74) is 1.19. The Labute approximate surface area is 238 Å². The summed E-state index contributed by atoms with van der Waals surface area (Å²) in [6.45, 7) is 9.94. The van der Waals surface area contributed by atoms with Crippen molar-refractivity contribution in [3.63, 3.8) is 0 Å². The third-order valence-electron chi connectivity index (χ3n) is 5.89. The van der Waals surface area contributed by atoms with Gasteiger partial charge in [0, 0.05) is 28.4 Å². The van der Waals surface area contributed by atoms with E-state index in [1.54, 1.807) is 11.8 Å². The SMILES string of the molecule is CCCCC(=O)Nc1cccc(SC(C)C(=O)Nc2sc3c(c2C(=O)OC)CCN(C(=O)OC(C)(C)C)C3)c1. The number of nitrogens with one attached hydrogen (secondary N) is 2. The van der Waals surface area contributed by atoms with Crippen LogP contribution in [0.1, 0.15) is 74.7 Å². The first-order chi connectivity index (χ1) is 18.4. The number of unbranched alkanes of at least 4 members (excludes halogenated alkanes) is 1. The van der Waals surface area contributed by atoms with Gasteiger partial charge in [0.1, 0.15) is 10.6 Å². The van der Waals surface area contributed by atoms with Crippen molar-refractivity contribution in [1.29, 1.82) is 0 Å². The number of hydrogen-bond donors (Lipinski definition) is 2. The van der Waals surface area contributed by atoms with Crippen molar-refractivity contribution < 1.29 is 28.7 Å². The van der Waals surface area contributed by atoms with Crippen molar-refractivity contribution in [1.82, 2.24) is 4.90 Å². The van der Waals surface area contributed by atoms with E-state index in [2.05, 4.69) is 10.6 Å². The molecule has 11 heteroatoms. The number of fused-ring (bicyclic) bond motifs is 1. The highest BCUT2D eigenvalue weighted by atomic mass is 32.2. The van der Waals surface area contributed by atoms with E-state index >= 15 is 0 Å². The number of thioether (sulfide) groups is 1. The van der Waals surface area contributed by atoms with Crippen LogP contribution in [0.25, 0.3) is 0 Å². The van der Waals surface area contributed by atoms with Crippen LogP contribution >= 0.6 is 23.1 Å². The summed E-state index contributed by atoms with van der Waals surface area (Å²) >= 11 is 2.62. The number of thiophene rings is 1. The fourth-order valence-corrected chi connectivity index (χ4v) is 6.15. The number of amides is 3. The molecule has 2 N–H and O–H groups in total. The molecular weight excluding hydrogens is 538 g/mol. The van der Waals surface area contributed by atoms with Gasteiger partial charge >= 0.3 is 12.1 Å². The van der Waals surface area contributed by atoms with E-state index < -0.39 is 22.9 Å². The largest absolute Gasteiger partial charge is 0.465 e. The lowest BCUT2D eigenvalue weighted by atomic mass is 10.0. The maximum Gasteiger partial charge on any atom is 0.410 e. The zero-order valence-corrected chi connectivity index (χ0v) is 25.0. The van der Waals surface area contributed by atoms with Gasteiger partial charge in [-0.2, -0.15) is 0 Å². The Morgan fingerprint density at radius 3 is 2.59 bits per heavy atom. The lowest BCUT2D eigenvalue weighted by Crippen LogP contribution is -2.39. The minimum absolute atomic E-state index is 0.0352. The number of carbonyl (C=O) groups excluding carboxylic acids is 4. The molecule has 0 saturated heterocycles. The van der Waals surface area contributed by atoms with Gasteiger partial charge in [0.15, 0.2) is 0 Å². The van der Waals surface area contributed by atoms with Crippen molar-refractivity contribution in [3.8, 4) is 0 Å². The molecule has 0 radical (unpaired) electrons. The number of ether oxygens (including phenoxy) is 2. The van der Waals surface area contributed by atoms with Gasteiger partial charge in [-0.15, -0.1) is 23.1 Å². The molecule has 2 heterocycles. The second kappa shape index (κ2) is 13.3. The molecule has 1 aliphatic heterocycles. The summed E-state index contributed by atoms with van der Waals surface area (Å²) in [5.74, 6) is -0.836. The Balaban J connectivity index is 1.72. The molecule has 1 atom stereocenters. The fourth-order valence-electron chi connectivity index (χ4n) is 3.97. The average Bonchev–Trinajstić information content (AvgIpc) is 3.23. The Bertz CT molecular complexity index is 1220. The number of nitrogens with zero attached hydrogens (tertiary/aromatic N) is 1. The summed E-state index contributed by atoms with van der Waals surface area (Å²) in [4.78, 5) is 53.8. The molecule has 0 fully saturated rings. The molecule has 0 bridgehead atoms. The maximum atomic E-state index is 13.2. The van der Waals surface area contributed by atoms with Gasteiger partial charge in [0.25, 0.3) is 0 Å². The Kier molecular flexibility index (Phi) is 10.4. The Morgan fingerprint density at radius 2 is 1.92 bits per heavy atom. The normalized spacial score (nSPS) is 13.7. The predicted octanol–water partition coefficient (Wildman–Crippen LogP) is 6.08. The monoisotopic (exact) mass is 575 g/mol. The minimum Gasteiger partial charge on any atom is -0.465 e. The molecule has 1 aliphatic rings. The molecule has 2 aromatic rings. The first-order valence-corrected chi connectivity index (χ1v) is 14.7. The van der Waals surface area contributed by atoms with Gasteiger partial charge in [0.2, 0.25) is 11.8 Å². The molecule has 3 amide bonds. The predicted molar refractivity (Wildman–Crippen MR) is 155 cm³/mol. The van der Waals surface area contributed by atoms with Crippen molar-refractivity contribution >= 4 is 57.7 Å². The van der Waals surface area contributed by atoms with Gasteiger partial charge < -0.3 is 25.0 Å². The van der Waals surface area contributed by atoms with E-state index in [1.807, 2.05) is 52.0 Å². The zero-order chi connectivity index (χ0) is 28.7. The van der Waals surface area contributed by atoms with Crippen molar-refractivity contribution in [2.45, 2.75) is 82.6 Å². The number of benzene rings is 1. The first-order valence-electron chi connectivity index (χ1n) is 13.0. The summed E-state index contributed by atoms with van der Waals surface area (Å²) in [6, 6.07) is 7.37. The van der Waals surface area contributed by atoms with Crippen LogP contribution in [0, 0.1) is 0 Å². The second-order valence-electron chi connectivity index (χ2n) is 10.3. The number of hydrogen-bond acceptors (Lipinski definition) is 8. The van der Waals surface area contributed by atoms with Crippen LogP contribution in [0.15, 0.2) is 29.2 Å². The van der Waals surface area contributed by atoms with Gasteiger partial charge in [0.05, 0.1) is 24.5 Å². The van der Waals surface area contributed by atoms with E-state index in [9.17, 15) is 19.2 Å². The van der Waals surface area contributed by atoms with Crippen LogP contribution in [0.5, 0.6) is 0 Å². The van der Waals surface area contributed by atoms with Crippen LogP contribution < -0.4 is 10.6 Å². The summed E-state index contributed by atoms with van der Waals surface area (Å²) < 4.78 is 10.5. The third kappa shape index (κ3) is 8.47. The van der Waals surface area contributed by atoms with E-state index in [4.69, 9.17) is 9.47 Å². The zero-order valence-electron chi connectivity index (χ0n) is 23.3. The van der Waals surface area contributed by atoms with Crippen molar-refractivity contribution in [2.75, 3.05) is 24.3 Å². The molecule has 39 heavy (non-hydrogen) atoms. The smallest absolute Gasteiger partial charge is 0.410 e. The second-order valence-corrected chi connectivity index (χ2v) is 12.8. The first kappa shape index (κ1) is 30.5. The highest BCUT2D eigenvalue weighted by molar-refractivity contribution is 8.00. The van der Waals surface area contributed by atoms with E-state index in [-0.39, 0.29) is 18.4 Å². The number of anilines is 2. The minimum atomic E-state index is -0.614. The molecule has 1 aromatic carbocycles. The van der Waals surface area contributed by atoms with Crippen LogP contribution in [-0.2, 0) is 32.0 Å². The van der Waals surface area contributed by atoms with Crippen LogP contribution in [0.3, 0.4) is 0 Å². The molecule has 0 aliphatic carbocycles. The van der Waals surface area contributed by atoms with E-state index in [0.717, 1.165) is 28.2 Å². The van der Waals surface area contributed by atoms with Gasteiger partial charge in [-0.05, 0) is 64.3 Å². The van der Waals surface area contributed by atoms with Crippen molar-refractivity contribution in [3.05, 3.63) is 40.3 Å². The topological polar surface area (TPSA) is 114 Å². The highest BCUT2D eigenvalue weighted by Gasteiger charge is 2.33. The lowest BCUT2D eigenvalue weighted by Gasteiger charge is -2.30. The molecule has 3 rings (SSSR count). The lowest BCUT2D eigenvalue weighted by molar-refractivity contribution is -0.116. The average molecular weight is 576 g/mol. The van der Waals surface area contributed by atoms with Crippen LogP contribution in [0.4, 0.5) is 15.5 Å². The molecular formula is C28H37N3O6S2. The van der Waals surface area contributed by atoms with E-state index in [1.165, 1.54) is 30.2 Å². The number of carbonyl (C=O) groups is 4. The summed E-state index contributed by atoms with van der Waals surface area (Å²) in [5, 5.41) is 5.73. The quantitative estimate of drug-likeness (QED) is 0.275. The van der Waals surface area contributed by atoms with Gasteiger partial charge in [-0.1, -0.05) is 19.4 Å². The standard InChI is InChI=1S/C28H37N3O6S2/c1-7-8-12-22(32)29-18-10-9-11-19(15-18)38-17(2)24(33)30-25-23(26(34)36-6)20-13-14-31(16-21(20)39-25)27(35)37-28(3,4)5/h9-11,15,17H,7-8,12-14,16H2,1-6H3,(H,29,32)(H,30,33). The van der Waals surface area contributed by atoms with Gasteiger partial charge in [-0.25, -0.2) is 9.59 Å². The Hall–Kier alpha value is -3.05. The molecule has 9 nitrogen and oxygen atoms in total. The molecule has 1 unspecified atom stereocenters. The summed E-state index contributed by atoms with van der Waals surface area (Å²) in [7, 11) is 1.31. The van der Waals surface area contributed by atoms with E-state index in [0.29, 0.717) is 35.6 Å². The maximum absolute atomic E-state index is 13.2. The number of esters is 1. The molecule has 212 valence electrons. The number of rotatable bonds is 9. The van der Waals surface area contributed by atoms with Crippen LogP contribution in [0.2, 0.25) is 0 Å². The third-order valence-corrected chi connectivity index (χ3v) is 8.12. The summed E-state index contributed by atoms with van der Waals surface area (Å²) in [6.07, 6.45) is 2.28. The van der Waals surface area contributed by atoms with Crippen LogP contribution in [-0.4, -0.2) is 53.3 Å². The highest BCUT2D eigenvalue weighted by Crippen LogP contribution is 2.38. The van der Waals surface area contributed by atoms with Gasteiger partial charge in [-0.3, -0.25) is 9.59 Å².